The normalized spacial score (nSPS) is 10.0. The summed E-state index contributed by atoms with van der Waals surface area (Å²) in [5, 5.41) is 0. The maximum absolute atomic E-state index is 10.9. The molecule has 0 amide bonds. The molecule has 0 saturated carbocycles. The number of hydrogen-bond donors (Lipinski definition) is 0. The first-order chi connectivity index (χ1) is 8.19. The number of carbonyl (C=O) groups is 1. The van der Waals surface area contributed by atoms with E-state index in [-0.39, 0.29) is 0 Å². The van der Waals surface area contributed by atoms with E-state index in [9.17, 15) is 4.79 Å². The van der Waals surface area contributed by atoms with E-state index in [0.29, 0.717) is 11.3 Å². The summed E-state index contributed by atoms with van der Waals surface area (Å²) in [6.07, 6.45) is 0.815. The van der Waals surface area contributed by atoms with Crippen LogP contribution >= 0.6 is 22.6 Å². The van der Waals surface area contributed by atoms with Crippen molar-refractivity contribution in [3.63, 3.8) is 0 Å². The van der Waals surface area contributed by atoms with Gasteiger partial charge in [-0.25, -0.2) is 0 Å². The Labute approximate surface area is 114 Å². The predicted octanol–water partition coefficient (Wildman–Crippen LogP) is 4.20. The van der Waals surface area contributed by atoms with Crippen molar-refractivity contribution in [2.45, 2.75) is 6.92 Å². The molecule has 0 heterocycles. The van der Waals surface area contributed by atoms with Crippen LogP contribution in [-0.4, -0.2) is 6.29 Å². The number of hydrogen-bond acceptors (Lipinski definition) is 2. The summed E-state index contributed by atoms with van der Waals surface area (Å²) in [5.74, 6) is 1.32. The van der Waals surface area contributed by atoms with Crippen molar-refractivity contribution < 1.29 is 9.53 Å². The molecule has 0 saturated heterocycles. The first-order valence-corrected chi connectivity index (χ1v) is 6.26. The molecule has 0 aliphatic rings. The van der Waals surface area contributed by atoms with Crippen LogP contribution in [0.15, 0.2) is 42.5 Å². The molecule has 0 bridgehead atoms. The maximum Gasteiger partial charge on any atom is 0.153 e. The fourth-order valence-corrected chi connectivity index (χ4v) is 1.84. The van der Waals surface area contributed by atoms with Crippen molar-refractivity contribution in [3.05, 3.63) is 57.2 Å². The quantitative estimate of drug-likeness (QED) is 0.619. The third-order valence-corrected chi connectivity index (χ3v) is 3.05. The zero-order chi connectivity index (χ0) is 12.3. The Kier molecular flexibility index (Phi) is 3.78. The fourth-order valence-electron chi connectivity index (χ4n) is 1.48. The number of aldehydes is 1. The molecule has 2 rings (SSSR count). The van der Waals surface area contributed by atoms with E-state index < -0.39 is 0 Å². The first-order valence-electron chi connectivity index (χ1n) is 5.18. The van der Waals surface area contributed by atoms with Gasteiger partial charge in [0.2, 0.25) is 0 Å². The molecular weight excluding hydrogens is 327 g/mol. The van der Waals surface area contributed by atoms with Gasteiger partial charge in [0, 0.05) is 3.57 Å². The lowest BCUT2D eigenvalue weighted by atomic mass is 10.1. The van der Waals surface area contributed by atoms with Crippen molar-refractivity contribution in [1.82, 2.24) is 0 Å². The summed E-state index contributed by atoms with van der Waals surface area (Å²) in [6, 6.07) is 13.3. The van der Waals surface area contributed by atoms with Gasteiger partial charge >= 0.3 is 0 Å². The number of aryl methyl sites for hydroxylation is 1. The van der Waals surface area contributed by atoms with Crippen molar-refractivity contribution in [1.29, 1.82) is 0 Å². The minimum absolute atomic E-state index is 0.573. The van der Waals surface area contributed by atoms with Gasteiger partial charge in [0.25, 0.3) is 0 Å². The Bertz CT molecular complexity index is 532. The molecule has 2 aromatic rings. The van der Waals surface area contributed by atoms with Gasteiger partial charge in [-0.05, 0) is 65.9 Å². The first kappa shape index (κ1) is 12.1. The number of halogens is 1. The minimum Gasteiger partial charge on any atom is -0.457 e. The number of carbonyl (C=O) groups excluding carboxylic acids is 1. The molecule has 0 spiro atoms. The fraction of sp³-hybridized carbons (Fsp3) is 0.0714. The molecule has 3 heteroatoms. The average Bonchev–Trinajstić information content (AvgIpc) is 2.34. The molecule has 0 unspecified atom stereocenters. The third-order valence-electron chi connectivity index (χ3n) is 2.33. The van der Waals surface area contributed by atoms with Crippen molar-refractivity contribution >= 4 is 28.9 Å². The Morgan fingerprint density at radius 2 is 1.82 bits per heavy atom. The standard InChI is InChI=1S/C14H11IO2/c1-10-2-7-14(11(8-10)9-16)17-13-5-3-12(15)4-6-13/h2-9H,1H3. The van der Waals surface area contributed by atoms with Crippen LogP contribution in [-0.2, 0) is 0 Å². The van der Waals surface area contributed by atoms with Gasteiger partial charge in [-0.3, -0.25) is 4.79 Å². The van der Waals surface area contributed by atoms with E-state index >= 15 is 0 Å². The van der Waals surface area contributed by atoms with Gasteiger partial charge in [0.1, 0.15) is 11.5 Å². The van der Waals surface area contributed by atoms with Crippen molar-refractivity contribution in [2.24, 2.45) is 0 Å². The summed E-state index contributed by atoms with van der Waals surface area (Å²) in [4.78, 5) is 10.9. The smallest absolute Gasteiger partial charge is 0.153 e. The molecule has 0 aliphatic carbocycles. The van der Waals surface area contributed by atoms with E-state index in [1.165, 1.54) is 0 Å². The molecule has 0 atom stereocenters. The van der Waals surface area contributed by atoms with E-state index in [0.717, 1.165) is 21.2 Å². The van der Waals surface area contributed by atoms with Gasteiger partial charge in [0.05, 0.1) is 5.56 Å². The monoisotopic (exact) mass is 338 g/mol. The molecule has 2 nitrogen and oxygen atoms in total. The predicted molar refractivity (Wildman–Crippen MR) is 75.8 cm³/mol. The lowest BCUT2D eigenvalue weighted by Crippen LogP contribution is -1.91. The van der Waals surface area contributed by atoms with E-state index in [1.54, 1.807) is 0 Å². The molecule has 17 heavy (non-hydrogen) atoms. The number of benzene rings is 2. The highest BCUT2D eigenvalue weighted by Gasteiger charge is 2.04. The highest BCUT2D eigenvalue weighted by atomic mass is 127. The summed E-state index contributed by atoms with van der Waals surface area (Å²) < 4.78 is 6.82. The zero-order valence-corrected chi connectivity index (χ0v) is 11.5. The average molecular weight is 338 g/mol. The van der Waals surface area contributed by atoms with Crippen LogP contribution in [0.4, 0.5) is 0 Å². The van der Waals surface area contributed by atoms with Gasteiger partial charge in [-0.1, -0.05) is 11.6 Å². The Balaban J connectivity index is 2.29. The van der Waals surface area contributed by atoms with Gasteiger partial charge in [-0.15, -0.1) is 0 Å². The topological polar surface area (TPSA) is 26.3 Å². The molecular formula is C14H11IO2. The highest BCUT2D eigenvalue weighted by Crippen LogP contribution is 2.25. The van der Waals surface area contributed by atoms with Crippen molar-refractivity contribution in [3.8, 4) is 11.5 Å². The van der Waals surface area contributed by atoms with Crippen LogP contribution in [0, 0.1) is 10.5 Å². The molecule has 0 aromatic heterocycles. The van der Waals surface area contributed by atoms with Crippen molar-refractivity contribution in [2.75, 3.05) is 0 Å². The second-order valence-corrected chi connectivity index (χ2v) is 4.96. The van der Waals surface area contributed by atoms with E-state index in [1.807, 2.05) is 49.4 Å². The van der Waals surface area contributed by atoms with E-state index in [4.69, 9.17) is 4.74 Å². The van der Waals surface area contributed by atoms with Gasteiger partial charge in [0.15, 0.2) is 6.29 Å². The summed E-state index contributed by atoms with van der Waals surface area (Å²) in [6.45, 7) is 1.95. The van der Waals surface area contributed by atoms with Crippen LogP contribution in [0.5, 0.6) is 11.5 Å². The maximum atomic E-state index is 10.9. The Morgan fingerprint density at radius 3 is 2.47 bits per heavy atom. The highest BCUT2D eigenvalue weighted by molar-refractivity contribution is 14.1. The minimum atomic E-state index is 0.573. The molecule has 2 aromatic carbocycles. The van der Waals surface area contributed by atoms with E-state index in [2.05, 4.69) is 22.6 Å². The van der Waals surface area contributed by atoms with Crippen LogP contribution in [0.1, 0.15) is 15.9 Å². The lowest BCUT2D eigenvalue weighted by Gasteiger charge is -2.08. The largest absolute Gasteiger partial charge is 0.457 e. The zero-order valence-electron chi connectivity index (χ0n) is 9.31. The Morgan fingerprint density at radius 1 is 1.12 bits per heavy atom. The molecule has 86 valence electrons. The lowest BCUT2D eigenvalue weighted by molar-refractivity contribution is 0.112. The molecule has 0 aliphatic heterocycles. The summed E-state index contributed by atoms with van der Waals surface area (Å²) in [7, 11) is 0. The number of ether oxygens (including phenoxy) is 1. The van der Waals surface area contributed by atoms with Crippen LogP contribution in [0.25, 0.3) is 0 Å². The SMILES string of the molecule is Cc1ccc(Oc2ccc(I)cc2)c(C=O)c1. The second-order valence-electron chi connectivity index (χ2n) is 3.72. The van der Waals surface area contributed by atoms with Gasteiger partial charge in [-0.2, -0.15) is 0 Å². The van der Waals surface area contributed by atoms with Crippen LogP contribution in [0.2, 0.25) is 0 Å². The second kappa shape index (κ2) is 5.31. The summed E-state index contributed by atoms with van der Waals surface area (Å²) >= 11 is 2.23. The van der Waals surface area contributed by atoms with Gasteiger partial charge < -0.3 is 4.74 Å². The summed E-state index contributed by atoms with van der Waals surface area (Å²) in [5.41, 5.74) is 1.62. The third kappa shape index (κ3) is 3.06. The number of rotatable bonds is 3. The molecule has 0 N–H and O–H groups in total. The molecule has 0 fully saturated rings. The van der Waals surface area contributed by atoms with Crippen LogP contribution < -0.4 is 4.74 Å². The Hall–Kier alpha value is -1.36. The van der Waals surface area contributed by atoms with Crippen LogP contribution in [0.3, 0.4) is 0 Å². The molecule has 0 radical (unpaired) electrons.